The molecular formula is C11H14FNO3. The first-order valence-corrected chi connectivity index (χ1v) is 4.87. The summed E-state index contributed by atoms with van der Waals surface area (Å²) in [6.07, 6.45) is -1.00. The molecule has 0 aromatic heterocycles. The minimum atomic E-state index is -1.00. The lowest BCUT2D eigenvalue weighted by Gasteiger charge is -2.09. The molecule has 3 N–H and O–H groups in total. The summed E-state index contributed by atoms with van der Waals surface area (Å²) in [7, 11) is 0. The first-order valence-electron chi connectivity index (χ1n) is 4.87. The predicted octanol–water partition coefficient (Wildman–Crippen LogP) is 0.217. The van der Waals surface area contributed by atoms with E-state index in [-0.39, 0.29) is 12.1 Å². The second kappa shape index (κ2) is 5.58. The van der Waals surface area contributed by atoms with Crippen molar-refractivity contribution in [1.29, 1.82) is 0 Å². The molecule has 1 unspecified atom stereocenters. The van der Waals surface area contributed by atoms with Crippen molar-refractivity contribution < 1.29 is 19.4 Å². The van der Waals surface area contributed by atoms with Gasteiger partial charge in [-0.2, -0.15) is 0 Å². The molecule has 0 saturated heterocycles. The van der Waals surface area contributed by atoms with Crippen LogP contribution in [-0.4, -0.2) is 35.4 Å². The number of hydrogen-bond donors (Lipinski definition) is 3. The van der Waals surface area contributed by atoms with Crippen molar-refractivity contribution >= 4 is 5.91 Å². The van der Waals surface area contributed by atoms with E-state index in [1.165, 1.54) is 6.07 Å². The highest BCUT2D eigenvalue weighted by molar-refractivity contribution is 5.94. The summed E-state index contributed by atoms with van der Waals surface area (Å²) >= 11 is 0. The Morgan fingerprint density at radius 2 is 2.19 bits per heavy atom. The van der Waals surface area contributed by atoms with Gasteiger partial charge in [-0.05, 0) is 30.7 Å². The minimum absolute atomic E-state index is 0.0646. The number of carbonyl (C=O) groups is 1. The summed E-state index contributed by atoms with van der Waals surface area (Å²) in [5.74, 6) is -0.956. The van der Waals surface area contributed by atoms with E-state index in [0.717, 1.165) is 6.07 Å². The standard InChI is InChI=1S/C11H14FNO3/c1-7-2-8(4-9(12)3-7)11(16)13-5-10(15)6-14/h2-4,10,14-15H,5-6H2,1H3,(H,13,16). The van der Waals surface area contributed by atoms with Crippen LogP contribution in [0, 0.1) is 12.7 Å². The SMILES string of the molecule is Cc1cc(F)cc(C(=O)NCC(O)CO)c1. The smallest absolute Gasteiger partial charge is 0.251 e. The molecule has 0 radical (unpaired) electrons. The van der Waals surface area contributed by atoms with Crippen LogP contribution in [0.15, 0.2) is 18.2 Å². The van der Waals surface area contributed by atoms with Crippen LogP contribution in [-0.2, 0) is 0 Å². The molecule has 0 bridgehead atoms. The number of rotatable bonds is 4. The Labute approximate surface area is 92.7 Å². The van der Waals surface area contributed by atoms with Gasteiger partial charge in [-0.1, -0.05) is 0 Å². The molecule has 16 heavy (non-hydrogen) atoms. The topological polar surface area (TPSA) is 69.6 Å². The number of halogens is 1. The fraction of sp³-hybridized carbons (Fsp3) is 0.364. The van der Waals surface area contributed by atoms with E-state index in [9.17, 15) is 9.18 Å². The van der Waals surface area contributed by atoms with Gasteiger partial charge in [0.1, 0.15) is 5.82 Å². The average molecular weight is 227 g/mol. The average Bonchev–Trinajstić information content (AvgIpc) is 2.23. The molecular weight excluding hydrogens is 213 g/mol. The molecule has 5 heteroatoms. The van der Waals surface area contributed by atoms with Crippen LogP contribution in [0.1, 0.15) is 15.9 Å². The number of aliphatic hydroxyl groups excluding tert-OH is 2. The molecule has 1 amide bonds. The van der Waals surface area contributed by atoms with Crippen molar-refractivity contribution in [1.82, 2.24) is 5.32 Å². The molecule has 0 aliphatic carbocycles. The molecule has 0 fully saturated rings. The number of aryl methyl sites for hydroxylation is 1. The normalized spacial score (nSPS) is 12.2. The summed E-state index contributed by atoms with van der Waals surface area (Å²) in [6, 6.07) is 3.98. The van der Waals surface area contributed by atoms with Crippen LogP contribution in [0.2, 0.25) is 0 Å². The van der Waals surface area contributed by atoms with Crippen molar-refractivity contribution in [3.05, 3.63) is 35.1 Å². The van der Waals surface area contributed by atoms with Crippen molar-refractivity contribution in [2.24, 2.45) is 0 Å². The lowest BCUT2D eigenvalue weighted by Crippen LogP contribution is -2.33. The zero-order valence-electron chi connectivity index (χ0n) is 8.90. The number of amides is 1. The number of carbonyl (C=O) groups excluding carboxylic acids is 1. The molecule has 1 atom stereocenters. The van der Waals surface area contributed by atoms with E-state index < -0.39 is 24.4 Å². The van der Waals surface area contributed by atoms with Gasteiger partial charge >= 0.3 is 0 Å². The molecule has 0 spiro atoms. The monoisotopic (exact) mass is 227 g/mol. The van der Waals surface area contributed by atoms with E-state index in [4.69, 9.17) is 10.2 Å². The highest BCUT2D eigenvalue weighted by Gasteiger charge is 2.09. The Morgan fingerprint density at radius 1 is 1.50 bits per heavy atom. The third-order valence-electron chi connectivity index (χ3n) is 2.01. The highest BCUT2D eigenvalue weighted by atomic mass is 19.1. The van der Waals surface area contributed by atoms with Gasteiger partial charge in [0.25, 0.3) is 5.91 Å². The van der Waals surface area contributed by atoms with Gasteiger partial charge in [0.15, 0.2) is 0 Å². The zero-order chi connectivity index (χ0) is 12.1. The van der Waals surface area contributed by atoms with E-state index in [2.05, 4.69) is 5.32 Å². The maximum atomic E-state index is 13.0. The van der Waals surface area contributed by atoms with E-state index >= 15 is 0 Å². The van der Waals surface area contributed by atoms with Gasteiger partial charge in [0, 0.05) is 12.1 Å². The molecule has 0 heterocycles. The quantitative estimate of drug-likeness (QED) is 0.689. The molecule has 88 valence electrons. The van der Waals surface area contributed by atoms with E-state index in [1.54, 1.807) is 13.0 Å². The molecule has 1 aromatic carbocycles. The first-order chi connectivity index (χ1) is 7.52. The third kappa shape index (κ3) is 3.60. The zero-order valence-corrected chi connectivity index (χ0v) is 8.90. The lowest BCUT2D eigenvalue weighted by molar-refractivity contribution is 0.0801. The maximum Gasteiger partial charge on any atom is 0.251 e. The number of benzene rings is 1. The van der Waals surface area contributed by atoms with Crippen LogP contribution in [0.4, 0.5) is 4.39 Å². The number of hydrogen-bond acceptors (Lipinski definition) is 3. The fourth-order valence-electron chi connectivity index (χ4n) is 1.24. The first kappa shape index (κ1) is 12.6. The van der Waals surface area contributed by atoms with Crippen molar-refractivity contribution in [3.63, 3.8) is 0 Å². The van der Waals surface area contributed by atoms with Crippen molar-refractivity contribution in [2.45, 2.75) is 13.0 Å². The molecule has 4 nitrogen and oxygen atoms in total. The van der Waals surface area contributed by atoms with Gasteiger partial charge in [0.2, 0.25) is 0 Å². The van der Waals surface area contributed by atoms with Crippen LogP contribution in [0.3, 0.4) is 0 Å². The van der Waals surface area contributed by atoms with E-state index in [1.807, 2.05) is 0 Å². The van der Waals surface area contributed by atoms with E-state index in [0.29, 0.717) is 5.56 Å². The Hall–Kier alpha value is -1.46. The second-order valence-electron chi connectivity index (χ2n) is 3.56. The van der Waals surface area contributed by atoms with Gasteiger partial charge in [0.05, 0.1) is 12.7 Å². The molecule has 1 rings (SSSR count). The van der Waals surface area contributed by atoms with Crippen LogP contribution >= 0.6 is 0 Å². The summed E-state index contributed by atoms with van der Waals surface area (Å²) in [5, 5.41) is 20.0. The molecule has 0 aliphatic rings. The summed E-state index contributed by atoms with van der Waals surface area (Å²) in [5.41, 5.74) is 0.843. The summed E-state index contributed by atoms with van der Waals surface area (Å²) in [6.45, 7) is 1.19. The lowest BCUT2D eigenvalue weighted by atomic mass is 10.1. The predicted molar refractivity (Wildman–Crippen MR) is 56.6 cm³/mol. The van der Waals surface area contributed by atoms with Crippen molar-refractivity contribution in [2.75, 3.05) is 13.2 Å². The Kier molecular flexibility index (Phi) is 4.39. The Balaban J connectivity index is 2.66. The maximum absolute atomic E-state index is 13.0. The largest absolute Gasteiger partial charge is 0.394 e. The van der Waals surface area contributed by atoms with Gasteiger partial charge < -0.3 is 15.5 Å². The summed E-state index contributed by atoms with van der Waals surface area (Å²) in [4.78, 5) is 11.5. The Bertz CT molecular complexity index is 361. The number of aliphatic hydroxyl groups is 2. The Morgan fingerprint density at radius 3 is 2.75 bits per heavy atom. The van der Waals surface area contributed by atoms with Gasteiger partial charge in [-0.3, -0.25) is 4.79 Å². The van der Waals surface area contributed by atoms with Gasteiger partial charge in [-0.25, -0.2) is 4.39 Å². The highest BCUT2D eigenvalue weighted by Crippen LogP contribution is 2.08. The van der Waals surface area contributed by atoms with Gasteiger partial charge in [-0.15, -0.1) is 0 Å². The fourth-order valence-corrected chi connectivity index (χ4v) is 1.24. The minimum Gasteiger partial charge on any atom is -0.394 e. The second-order valence-corrected chi connectivity index (χ2v) is 3.56. The third-order valence-corrected chi connectivity index (χ3v) is 2.01. The molecule has 0 saturated carbocycles. The van der Waals surface area contributed by atoms with Crippen LogP contribution in [0.25, 0.3) is 0 Å². The molecule has 0 aliphatic heterocycles. The van der Waals surface area contributed by atoms with Crippen molar-refractivity contribution in [3.8, 4) is 0 Å². The van der Waals surface area contributed by atoms with Crippen LogP contribution < -0.4 is 5.32 Å². The summed E-state index contributed by atoms with van der Waals surface area (Å²) < 4.78 is 13.0. The molecule has 1 aromatic rings. The van der Waals surface area contributed by atoms with Crippen LogP contribution in [0.5, 0.6) is 0 Å². The number of nitrogens with one attached hydrogen (secondary N) is 1.